The third-order valence-corrected chi connectivity index (χ3v) is 5.46. The molecular weight excluding hydrogens is 373 g/mol. The maximum absolute atomic E-state index is 12.9. The normalized spacial score (nSPS) is 12.0. The summed E-state index contributed by atoms with van der Waals surface area (Å²) in [5.41, 5.74) is 0. The van der Waals surface area contributed by atoms with E-state index in [4.69, 9.17) is 0 Å². The Labute approximate surface area is 148 Å². The molecule has 0 atom stereocenters. The average Bonchev–Trinajstić information content (AvgIpc) is 3.03. The Hall–Kier alpha value is -2.40. The molecule has 11 heteroatoms. The number of likely N-dealkylation sites (N-methyl/N-ethyl adjacent to an activating group) is 2. The van der Waals surface area contributed by atoms with Gasteiger partial charge in [-0.1, -0.05) is 0 Å². The highest BCUT2D eigenvalue weighted by Gasteiger charge is 2.25. The molecular formula is C15H17F3N4O3S. The van der Waals surface area contributed by atoms with Gasteiger partial charge in [0.15, 0.2) is 0 Å². The van der Waals surface area contributed by atoms with Crippen molar-refractivity contribution in [2.75, 3.05) is 20.6 Å². The second-order valence-corrected chi connectivity index (χ2v) is 7.54. The van der Waals surface area contributed by atoms with Crippen LogP contribution >= 0.6 is 0 Å². The summed E-state index contributed by atoms with van der Waals surface area (Å²) >= 11 is 0. The monoisotopic (exact) mass is 390 g/mol. The number of hydrogen-bond donors (Lipinski definition) is 0. The van der Waals surface area contributed by atoms with Gasteiger partial charge in [0.2, 0.25) is 15.9 Å². The first-order chi connectivity index (χ1) is 12.1. The highest BCUT2D eigenvalue weighted by molar-refractivity contribution is 7.89. The minimum atomic E-state index is -3.99. The molecule has 1 amide bonds. The second-order valence-electron chi connectivity index (χ2n) is 5.49. The van der Waals surface area contributed by atoms with E-state index in [9.17, 15) is 26.4 Å². The topological polar surface area (TPSA) is 75.5 Å². The molecule has 0 spiro atoms. The molecule has 0 aliphatic carbocycles. The van der Waals surface area contributed by atoms with Crippen LogP contribution in [0.5, 0.6) is 0 Å². The Balaban J connectivity index is 2.05. The van der Waals surface area contributed by atoms with Crippen LogP contribution in [0.1, 0.15) is 12.4 Å². The van der Waals surface area contributed by atoms with Gasteiger partial charge < -0.3 is 4.90 Å². The summed E-state index contributed by atoms with van der Waals surface area (Å²) < 4.78 is 64.7. The number of carbonyl (C=O) groups excluding carboxylic acids is 1. The van der Waals surface area contributed by atoms with E-state index in [-0.39, 0.29) is 17.3 Å². The SMILES string of the molecule is CN(Cc1nccn1C(F)F)C(=O)CN(C)S(=O)(=O)c1ccc(F)cc1. The van der Waals surface area contributed by atoms with E-state index in [0.717, 1.165) is 39.7 Å². The number of hydrogen-bond acceptors (Lipinski definition) is 4. The van der Waals surface area contributed by atoms with E-state index in [2.05, 4.69) is 4.98 Å². The van der Waals surface area contributed by atoms with E-state index < -0.39 is 34.8 Å². The lowest BCUT2D eigenvalue weighted by molar-refractivity contribution is -0.130. The van der Waals surface area contributed by atoms with Gasteiger partial charge in [-0.3, -0.25) is 9.36 Å². The zero-order valence-corrected chi connectivity index (χ0v) is 14.8. The van der Waals surface area contributed by atoms with E-state index in [1.54, 1.807) is 0 Å². The third-order valence-electron chi connectivity index (χ3n) is 3.64. The molecule has 0 aliphatic heterocycles. The van der Waals surface area contributed by atoms with Crippen LogP contribution in [0.2, 0.25) is 0 Å². The molecule has 0 saturated heterocycles. The Kier molecular flexibility index (Phi) is 6.03. The first kappa shape index (κ1) is 19.9. The number of sulfonamides is 1. The van der Waals surface area contributed by atoms with E-state index in [1.165, 1.54) is 20.3 Å². The van der Waals surface area contributed by atoms with Crippen LogP contribution in [-0.2, 0) is 21.4 Å². The van der Waals surface area contributed by atoms with Crippen LogP contribution in [0.25, 0.3) is 0 Å². The number of benzene rings is 1. The van der Waals surface area contributed by atoms with Crippen molar-refractivity contribution in [3.63, 3.8) is 0 Å². The molecule has 0 saturated carbocycles. The third kappa shape index (κ3) is 4.41. The summed E-state index contributed by atoms with van der Waals surface area (Å²) in [5, 5.41) is 0. The average molecular weight is 390 g/mol. The summed E-state index contributed by atoms with van der Waals surface area (Å²) in [7, 11) is -1.44. The lowest BCUT2D eigenvalue weighted by Gasteiger charge is -2.22. The Morgan fingerprint density at radius 1 is 1.23 bits per heavy atom. The predicted molar refractivity (Wildman–Crippen MR) is 86.2 cm³/mol. The number of rotatable bonds is 7. The highest BCUT2D eigenvalue weighted by atomic mass is 32.2. The quantitative estimate of drug-likeness (QED) is 0.721. The first-order valence-corrected chi connectivity index (χ1v) is 8.82. The Morgan fingerprint density at radius 2 is 1.85 bits per heavy atom. The number of imidazole rings is 1. The molecule has 0 aliphatic rings. The van der Waals surface area contributed by atoms with Crippen LogP contribution in [0.3, 0.4) is 0 Å². The van der Waals surface area contributed by atoms with Crippen LogP contribution < -0.4 is 0 Å². The van der Waals surface area contributed by atoms with Gasteiger partial charge in [0, 0.05) is 26.5 Å². The number of carbonyl (C=O) groups is 1. The maximum atomic E-state index is 12.9. The van der Waals surface area contributed by atoms with Crippen LogP contribution in [0.4, 0.5) is 13.2 Å². The van der Waals surface area contributed by atoms with Crippen molar-refractivity contribution in [2.24, 2.45) is 0 Å². The zero-order valence-electron chi connectivity index (χ0n) is 14.0. The Bertz CT molecular complexity index is 869. The van der Waals surface area contributed by atoms with Gasteiger partial charge in [0.25, 0.3) is 0 Å². The van der Waals surface area contributed by atoms with Crippen molar-refractivity contribution >= 4 is 15.9 Å². The van der Waals surface area contributed by atoms with Crippen molar-refractivity contribution in [1.29, 1.82) is 0 Å². The molecule has 2 aromatic rings. The maximum Gasteiger partial charge on any atom is 0.319 e. The fourth-order valence-corrected chi connectivity index (χ4v) is 3.25. The van der Waals surface area contributed by atoms with Crippen molar-refractivity contribution < 1.29 is 26.4 Å². The van der Waals surface area contributed by atoms with Gasteiger partial charge >= 0.3 is 6.55 Å². The lowest BCUT2D eigenvalue weighted by Crippen LogP contribution is -2.39. The summed E-state index contributed by atoms with van der Waals surface area (Å²) in [6.07, 6.45) is 2.27. The molecule has 142 valence electrons. The number of alkyl halides is 2. The predicted octanol–water partition coefficient (Wildman–Crippen LogP) is 1.70. The molecule has 7 nitrogen and oxygen atoms in total. The molecule has 0 N–H and O–H groups in total. The van der Waals surface area contributed by atoms with Crippen molar-refractivity contribution in [3.8, 4) is 0 Å². The van der Waals surface area contributed by atoms with Gasteiger partial charge in [0.05, 0.1) is 18.0 Å². The molecule has 0 unspecified atom stereocenters. The Morgan fingerprint density at radius 3 is 2.42 bits per heavy atom. The smallest absolute Gasteiger partial charge is 0.319 e. The summed E-state index contributed by atoms with van der Waals surface area (Å²) in [5.74, 6) is -1.22. The van der Waals surface area contributed by atoms with Crippen LogP contribution in [0.15, 0.2) is 41.6 Å². The van der Waals surface area contributed by atoms with Gasteiger partial charge in [-0.25, -0.2) is 17.8 Å². The van der Waals surface area contributed by atoms with Crippen LogP contribution in [-0.4, -0.2) is 53.7 Å². The molecule has 2 rings (SSSR count). The first-order valence-electron chi connectivity index (χ1n) is 7.38. The van der Waals surface area contributed by atoms with Crippen LogP contribution in [0, 0.1) is 5.82 Å². The van der Waals surface area contributed by atoms with E-state index in [0.29, 0.717) is 4.57 Å². The van der Waals surface area contributed by atoms with Gasteiger partial charge in [0.1, 0.15) is 11.6 Å². The molecule has 26 heavy (non-hydrogen) atoms. The minimum absolute atomic E-state index is 0.0279. The number of amides is 1. The molecule has 0 fully saturated rings. The zero-order chi connectivity index (χ0) is 19.5. The minimum Gasteiger partial charge on any atom is -0.337 e. The summed E-state index contributed by atoms with van der Waals surface area (Å²) in [6.45, 7) is -3.51. The lowest BCUT2D eigenvalue weighted by atomic mass is 10.4. The fourth-order valence-electron chi connectivity index (χ4n) is 2.13. The van der Waals surface area contributed by atoms with E-state index >= 15 is 0 Å². The van der Waals surface area contributed by atoms with E-state index in [1.807, 2.05) is 0 Å². The van der Waals surface area contributed by atoms with Crippen molar-refractivity contribution in [1.82, 2.24) is 18.8 Å². The highest BCUT2D eigenvalue weighted by Crippen LogP contribution is 2.16. The molecule has 1 aromatic heterocycles. The fraction of sp³-hybridized carbons (Fsp3) is 0.333. The van der Waals surface area contributed by atoms with Gasteiger partial charge in [-0.05, 0) is 24.3 Å². The molecule has 1 heterocycles. The van der Waals surface area contributed by atoms with Gasteiger partial charge in [-0.2, -0.15) is 13.1 Å². The number of aromatic nitrogens is 2. The molecule has 1 aromatic carbocycles. The van der Waals surface area contributed by atoms with Gasteiger partial charge in [-0.15, -0.1) is 0 Å². The van der Waals surface area contributed by atoms with Crippen molar-refractivity contribution in [2.45, 2.75) is 18.0 Å². The molecule has 0 bridgehead atoms. The number of halogens is 3. The summed E-state index contributed by atoms with van der Waals surface area (Å²) in [4.78, 5) is 16.9. The largest absolute Gasteiger partial charge is 0.337 e. The molecule has 0 radical (unpaired) electrons. The number of nitrogens with zero attached hydrogens (tertiary/aromatic N) is 4. The second kappa shape index (κ2) is 7.87. The summed E-state index contributed by atoms with van der Waals surface area (Å²) in [6, 6.07) is 4.18. The van der Waals surface area contributed by atoms with Crippen molar-refractivity contribution in [3.05, 3.63) is 48.3 Å². The standard InChI is InChI=1S/C15H17F3N4O3S/c1-20(9-13-19-7-8-22(13)15(17)18)14(23)10-21(2)26(24,25)12-5-3-11(16)4-6-12/h3-8,15H,9-10H2,1-2H3.